The second kappa shape index (κ2) is 3.18. The predicted molar refractivity (Wildman–Crippen MR) is 39.4 cm³/mol. The van der Waals surface area contributed by atoms with Crippen molar-refractivity contribution in [1.29, 1.82) is 0 Å². The molecule has 0 aliphatic rings. The van der Waals surface area contributed by atoms with Gasteiger partial charge >= 0.3 is 0 Å². The summed E-state index contributed by atoms with van der Waals surface area (Å²) in [6.07, 6.45) is 0.171. The van der Waals surface area contributed by atoms with Gasteiger partial charge in [-0.15, -0.1) is 0 Å². The van der Waals surface area contributed by atoms with Gasteiger partial charge in [0.15, 0.2) is 0 Å². The summed E-state index contributed by atoms with van der Waals surface area (Å²) in [5.74, 6) is 0. The van der Waals surface area contributed by atoms with Crippen LogP contribution in [0.25, 0.3) is 0 Å². The van der Waals surface area contributed by atoms with E-state index in [1.54, 1.807) is 0 Å². The van der Waals surface area contributed by atoms with Gasteiger partial charge in [-0.25, -0.2) is 0 Å². The number of ether oxygens (including phenoxy) is 1. The molecule has 0 fully saturated rings. The van der Waals surface area contributed by atoms with Crippen LogP contribution in [0.2, 0.25) is 0 Å². The summed E-state index contributed by atoms with van der Waals surface area (Å²) < 4.78 is 5.46. The molecule has 0 saturated carbocycles. The SMILES string of the molecule is C[C@@H](CN)OC(C)(C)C. The van der Waals surface area contributed by atoms with Crippen LogP contribution in [0.4, 0.5) is 0 Å². The molecule has 0 radical (unpaired) electrons. The Bertz CT molecular complexity index is 75.5. The average Bonchev–Trinajstić information content (AvgIpc) is 1.62. The van der Waals surface area contributed by atoms with Gasteiger partial charge in [-0.1, -0.05) is 0 Å². The fourth-order valence-electron chi connectivity index (χ4n) is 0.652. The van der Waals surface area contributed by atoms with Crippen molar-refractivity contribution in [1.82, 2.24) is 0 Å². The summed E-state index contributed by atoms with van der Waals surface area (Å²) in [6.45, 7) is 8.65. The largest absolute Gasteiger partial charge is 0.372 e. The molecule has 0 aliphatic carbocycles. The molecule has 0 unspecified atom stereocenters. The van der Waals surface area contributed by atoms with Crippen molar-refractivity contribution < 1.29 is 4.74 Å². The zero-order valence-corrected chi connectivity index (χ0v) is 6.77. The molecule has 0 aromatic heterocycles. The van der Waals surface area contributed by atoms with Crippen LogP contribution < -0.4 is 5.73 Å². The quantitative estimate of drug-likeness (QED) is 0.610. The van der Waals surface area contributed by atoms with Crippen LogP contribution in [0.3, 0.4) is 0 Å². The van der Waals surface area contributed by atoms with Gasteiger partial charge < -0.3 is 10.5 Å². The zero-order chi connectivity index (χ0) is 7.49. The van der Waals surface area contributed by atoms with Crippen molar-refractivity contribution in [2.45, 2.75) is 39.4 Å². The lowest BCUT2D eigenvalue weighted by molar-refractivity contribution is -0.0466. The second-order valence-corrected chi connectivity index (χ2v) is 3.28. The Labute approximate surface area is 57.4 Å². The molecular weight excluding hydrogens is 114 g/mol. The highest BCUT2D eigenvalue weighted by Crippen LogP contribution is 2.09. The Kier molecular flexibility index (Phi) is 3.15. The van der Waals surface area contributed by atoms with E-state index in [0.717, 1.165) is 0 Å². The van der Waals surface area contributed by atoms with Gasteiger partial charge in [-0.05, 0) is 27.7 Å². The molecule has 2 nitrogen and oxygen atoms in total. The lowest BCUT2D eigenvalue weighted by Crippen LogP contribution is -2.30. The van der Waals surface area contributed by atoms with Crippen LogP contribution in [0.5, 0.6) is 0 Å². The van der Waals surface area contributed by atoms with Crippen LogP contribution >= 0.6 is 0 Å². The second-order valence-electron chi connectivity index (χ2n) is 3.28. The van der Waals surface area contributed by atoms with Gasteiger partial charge in [0.1, 0.15) is 0 Å². The van der Waals surface area contributed by atoms with Crippen LogP contribution in [0.15, 0.2) is 0 Å². The summed E-state index contributed by atoms with van der Waals surface area (Å²) in [7, 11) is 0. The third kappa shape index (κ3) is 5.80. The van der Waals surface area contributed by atoms with Gasteiger partial charge in [-0.3, -0.25) is 0 Å². The Balaban J connectivity index is 3.47. The standard InChI is InChI=1S/C7H17NO/c1-6(5-8)9-7(2,3)4/h6H,5,8H2,1-4H3/t6-/m0/s1. The molecule has 2 heteroatoms. The third-order valence-electron chi connectivity index (χ3n) is 0.887. The molecule has 0 aromatic rings. The average molecular weight is 131 g/mol. The molecule has 9 heavy (non-hydrogen) atoms. The van der Waals surface area contributed by atoms with E-state index in [9.17, 15) is 0 Å². The van der Waals surface area contributed by atoms with Gasteiger partial charge in [0.05, 0.1) is 11.7 Å². The lowest BCUT2D eigenvalue weighted by Gasteiger charge is -2.23. The van der Waals surface area contributed by atoms with E-state index in [4.69, 9.17) is 10.5 Å². The summed E-state index contributed by atoms with van der Waals surface area (Å²) >= 11 is 0. The number of hydrogen-bond acceptors (Lipinski definition) is 2. The molecule has 0 saturated heterocycles. The van der Waals surface area contributed by atoms with E-state index in [2.05, 4.69) is 0 Å². The molecule has 0 bridgehead atoms. The smallest absolute Gasteiger partial charge is 0.0676 e. The van der Waals surface area contributed by atoms with E-state index >= 15 is 0 Å². The molecule has 2 N–H and O–H groups in total. The molecule has 1 atom stereocenters. The highest BCUT2D eigenvalue weighted by molar-refractivity contribution is 4.62. The zero-order valence-electron chi connectivity index (χ0n) is 6.77. The normalized spacial score (nSPS) is 15.7. The first-order valence-corrected chi connectivity index (χ1v) is 3.33. The molecule has 0 rings (SSSR count). The van der Waals surface area contributed by atoms with Crippen LogP contribution in [-0.2, 0) is 4.74 Å². The number of nitrogens with two attached hydrogens (primary N) is 1. The van der Waals surface area contributed by atoms with Crippen molar-refractivity contribution in [2.24, 2.45) is 5.73 Å². The van der Waals surface area contributed by atoms with Crippen LogP contribution in [0, 0.1) is 0 Å². The lowest BCUT2D eigenvalue weighted by atomic mass is 10.2. The first-order chi connectivity index (χ1) is 3.95. The van der Waals surface area contributed by atoms with Crippen molar-refractivity contribution in [3.63, 3.8) is 0 Å². The van der Waals surface area contributed by atoms with Gasteiger partial charge in [0.25, 0.3) is 0 Å². The van der Waals surface area contributed by atoms with Crippen molar-refractivity contribution >= 4 is 0 Å². The molecule has 0 amide bonds. The van der Waals surface area contributed by atoms with E-state index in [0.29, 0.717) is 6.54 Å². The Morgan fingerprint density at radius 2 is 1.89 bits per heavy atom. The summed E-state index contributed by atoms with van der Waals surface area (Å²) in [4.78, 5) is 0. The van der Waals surface area contributed by atoms with Crippen LogP contribution in [0.1, 0.15) is 27.7 Å². The topological polar surface area (TPSA) is 35.2 Å². The summed E-state index contributed by atoms with van der Waals surface area (Å²) in [5.41, 5.74) is 5.30. The fourth-order valence-corrected chi connectivity index (χ4v) is 0.652. The first-order valence-electron chi connectivity index (χ1n) is 3.33. The van der Waals surface area contributed by atoms with E-state index in [1.165, 1.54) is 0 Å². The Hall–Kier alpha value is -0.0800. The van der Waals surface area contributed by atoms with Crippen molar-refractivity contribution in [3.8, 4) is 0 Å². The predicted octanol–water partition coefficient (Wildman–Crippen LogP) is 1.15. The molecule has 56 valence electrons. The van der Waals surface area contributed by atoms with E-state index in [1.807, 2.05) is 27.7 Å². The Morgan fingerprint density at radius 3 is 2.00 bits per heavy atom. The summed E-state index contributed by atoms with van der Waals surface area (Å²) in [6, 6.07) is 0. The fraction of sp³-hybridized carbons (Fsp3) is 1.00. The number of hydrogen-bond donors (Lipinski definition) is 1. The first kappa shape index (κ1) is 8.92. The Morgan fingerprint density at radius 1 is 1.44 bits per heavy atom. The maximum absolute atomic E-state index is 5.46. The molecular formula is C7H17NO. The minimum absolute atomic E-state index is 0.0568. The summed E-state index contributed by atoms with van der Waals surface area (Å²) in [5, 5.41) is 0. The molecule has 0 heterocycles. The third-order valence-corrected chi connectivity index (χ3v) is 0.887. The monoisotopic (exact) mass is 131 g/mol. The minimum Gasteiger partial charge on any atom is -0.372 e. The van der Waals surface area contributed by atoms with Gasteiger partial charge in [0, 0.05) is 6.54 Å². The van der Waals surface area contributed by atoms with Crippen molar-refractivity contribution in [2.75, 3.05) is 6.54 Å². The van der Waals surface area contributed by atoms with Crippen molar-refractivity contribution in [3.05, 3.63) is 0 Å². The minimum atomic E-state index is -0.0568. The van der Waals surface area contributed by atoms with E-state index in [-0.39, 0.29) is 11.7 Å². The van der Waals surface area contributed by atoms with E-state index < -0.39 is 0 Å². The molecule has 0 aliphatic heterocycles. The maximum atomic E-state index is 5.46. The maximum Gasteiger partial charge on any atom is 0.0676 e. The highest BCUT2D eigenvalue weighted by Gasteiger charge is 2.13. The van der Waals surface area contributed by atoms with Gasteiger partial charge in [0.2, 0.25) is 0 Å². The molecule has 0 aromatic carbocycles. The number of rotatable bonds is 2. The van der Waals surface area contributed by atoms with Gasteiger partial charge in [-0.2, -0.15) is 0 Å². The molecule has 0 spiro atoms. The van der Waals surface area contributed by atoms with Crippen LogP contribution in [-0.4, -0.2) is 18.2 Å². The highest BCUT2D eigenvalue weighted by atomic mass is 16.5.